The van der Waals surface area contributed by atoms with Crippen LogP contribution in [0.25, 0.3) is 0 Å². The first-order valence-electron chi connectivity index (χ1n) is 5.48. The molecular weight excluding hydrogens is 228 g/mol. The molecule has 0 aromatic heterocycles. The first-order chi connectivity index (χ1) is 6.83. The molecule has 96 valence electrons. The molecule has 3 N–H and O–H groups in total. The van der Waals surface area contributed by atoms with E-state index in [2.05, 4.69) is 26.1 Å². The van der Waals surface area contributed by atoms with Crippen molar-refractivity contribution in [3.8, 4) is 0 Å². The fourth-order valence-corrected chi connectivity index (χ4v) is 1.48. The molecule has 0 radical (unpaired) electrons. The zero-order chi connectivity index (χ0) is 11.5. The van der Waals surface area contributed by atoms with Crippen LogP contribution in [0, 0.1) is 5.41 Å². The lowest BCUT2D eigenvalue weighted by molar-refractivity contribution is -0.130. The van der Waals surface area contributed by atoms with E-state index in [1.54, 1.807) is 0 Å². The SMILES string of the molecule is CC(C)(C)CNC(=O)C1(N)CCOCC1.Cl. The van der Waals surface area contributed by atoms with Gasteiger partial charge < -0.3 is 15.8 Å². The third kappa shape index (κ3) is 4.68. The van der Waals surface area contributed by atoms with Crippen LogP contribution in [-0.4, -0.2) is 31.2 Å². The average Bonchev–Trinajstić information content (AvgIpc) is 2.14. The number of nitrogens with two attached hydrogens (primary N) is 1. The Hall–Kier alpha value is -0.320. The minimum Gasteiger partial charge on any atom is -0.381 e. The Labute approximate surface area is 104 Å². The topological polar surface area (TPSA) is 64.4 Å². The van der Waals surface area contributed by atoms with Crippen LogP contribution >= 0.6 is 12.4 Å². The molecule has 1 aliphatic rings. The molecule has 1 heterocycles. The van der Waals surface area contributed by atoms with Gasteiger partial charge in [0.1, 0.15) is 0 Å². The highest BCUT2D eigenvalue weighted by Gasteiger charge is 2.36. The maximum absolute atomic E-state index is 11.9. The first kappa shape index (κ1) is 15.7. The molecule has 0 aromatic rings. The molecule has 1 fully saturated rings. The van der Waals surface area contributed by atoms with Gasteiger partial charge in [0, 0.05) is 19.8 Å². The summed E-state index contributed by atoms with van der Waals surface area (Å²) in [6, 6.07) is 0. The highest BCUT2D eigenvalue weighted by Crippen LogP contribution is 2.18. The van der Waals surface area contributed by atoms with Gasteiger partial charge in [-0.15, -0.1) is 12.4 Å². The second kappa shape index (κ2) is 5.84. The smallest absolute Gasteiger partial charge is 0.240 e. The van der Waals surface area contributed by atoms with E-state index in [0.717, 1.165) is 0 Å². The van der Waals surface area contributed by atoms with Crippen LogP contribution in [0.4, 0.5) is 0 Å². The Morgan fingerprint density at radius 3 is 2.31 bits per heavy atom. The summed E-state index contributed by atoms with van der Waals surface area (Å²) >= 11 is 0. The predicted octanol–water partition coefficient (Wildman–Crippen LogP) is 1.08. The summed E-state index contributed by atoms with van der Waals surface area (Å²) < 4.78 is 5.20. The number of ether oxygens (including phenoxy) is 1. The van der Waals surface area contributed by atoms with E-state index < -0.39 is 5.54 Å². The summed E-state index contributed by atoms with van der Waals surface area (Å²) in [6.45, 7) is 8.08. The number of carbonyl (C=O) groups is 1. The van der Waals surface area contributed by atoms with Gasteiger partial charge in [-0.05, 0) is 18.3 Å². The van der Waals surface area contributed by atoms with E-state index in [9.17, 15) is 4.79 Å². The molecule has 0 atom stereocenters. The lowest BCUT2D eigenvalue weighted by atomic mass is 9.89. The maximum atomic E-state index is 11.9. The summed E-state index contributed by atoms with van der Waals surface area (Å²) in [6.07, 6.45) is 1.23. The fraction of sp³-hybridized carbons (Fsp3) is 0.909. The summed E-state index contributed by atoms with van der Waals surface area (Å²) in [5.41, 5.74) is 5.42. The lowest BCUT2D eigenvalue weighted by Crippen LogP contribution is -2.57. The minimum absolute atomic E-state index is 0. The molecule has 0 saturated carbocycles. The molecule has 4 nitrogen and oxygen atoms in total. The van der Waals surface area contributed by atoms with Gasteiger partial charge in [0.05, 0.1) is 5.54 Å². The standard InChI is InChI=1S/C11H22N2O2.ClH/c1-10(2,3)8-13-9(14)11(12)4-6-15-7-5-11;/h4-8,12H2,1-3H3,(H,13,14);1H. The van der Waals surface area contributed by atoms with Gasteiger partial charge in [0.25, 0.3) is 0 Å². The van der Waals surface area contributed by atoms with Crippen LogP contribution in [0.2, 0.25) is 0 Å². The van der Waals surface area contributed by atoms with Gasteiger partial charge in [-0.3, -0.25) is 4.79 Å². The second-order valence-electron chi connectivity index (χ2n) is 5.51. The summed E-state index contributed by atoms with van der Waals surface area (Å²) in [5, 5.41) is 2.91. The van der Waals surface area contributed by atoms with Crippen molar-refractivity contribution in [1.29, 1.82) is 0 Å². The summed E-state index contributed by atoms with van der Waals surface area (Å²) in [4.78, 5) is 11.9. The normalized spacial score (nSPS) is 19.8. The zero-order valence-corrected chi connectivity index (χ0v) is 11.2. The molecule has 16 heavy (non-hydrogen) atoms. The van der Waals surface area contributed by atoms with Crippen LogP contribution in [0.1, 0.15) is 33.6 Å². The number of halogens is 1. The van der Waals surface area contributed by atoms with Gasteiger partial charge in [0.15, 0.2) is 0 Å². The quantitative estimate of drug-likeness (QED) is 0.771. The highest BCUT2D eigenvalue weighted by molar-refractivity contribution is 5.86. The van der Waals surface area contributed by atoms with E-state index in [1.165, 1.54) is 0 Å². The van der Waals surface area contributed by atoms with Crippen molar-refractivity contribution >= 4 is 18.3 Å². The number of nitrogens with one attached hydrogen (secondary N) is 1. The zero-order valence-electron chi connectivity index (χ0n) is 10.3. The largest absolute Gasteiger partial charge is 0.381 e. The maximum Gasteiger partial charge on any atom is 0.240 e. The number of hydrogen-bond acceptors (Lipinski definition) is 3. The average molecular weight is 251 g/mol. The third-order valence-corrected chi connectivity index (χ3v) is 2.62. The molecule has 0 bridgehead atoms. The highest BCUT2D eigenvalue weighted by atomic mass is 35.5. The van der Waals surface area contributed by atoms with Gasteiger partial charge in [-0.25, -0.2) is 0 Å². The van der Waals surface area contributed by atoms with E-state index in [0.29, 0.717) is 32.6 Å². The Morgan fingerprint density at radius 1 is 1.38 bits per heavy atom. The molecular formula is C11H23ClN2O2. The molecule has 1 amide bonds. The van der Waals surface area contributed by atoms with E-state index in [4.69, 9.17) is 10.5 Å². The van der Waals surface area contributed by atoms with Crippen molar-refractivity contribution in [1.82, 2.24) is 5.32 Å². The predicted molar refractivity (Wildman–Crippen MR) is 66.7 cm³/mol. The number of carbonyl (C=O) groups excluding carboxylic acids is 1. The van der Waals surface area contributed by atoms with Crippen molar-refractivity contribution in [2.45, 2.75) is 39.2 Å². The van der Waals surface area contributed by atoms with Gasteiger partial charge in [-0.2, -0.15) is 0 Å². The monoisotopic (exact) mass is 250 g/mol. The molecule has 5 heteroatoms. The second-order valence-corrected chi connectivity index (χ2v) is 5.51. The van der Waals surface area contributed by atoms with Gasteiger partial charge in [0.2, 0.25) is 5.91 Å². The molecule has 0 aliphatic carbocycles. The molecule has 0 spiro atoms. The number of hydrogen-bond donors (Lipinski definition) is 2. The number of rotatable bonds is 2. The Kier molecular flexibility index (Phi) is 5.73. The van der Waals surface area contributed by atoms with E-state index in [-0.39, 0.29) is 23.7 Å². The van der Waals surface area contributed by atoms with Crippen LogP contribution in [0.5, 0.6) is 0 Å². The van der Waals surface area contributed by atoms with Crippen LogP contribution in [0.15, 0.2) is 0 Å². The molecule has 0 aromatic carbocycles. The van der Waals surface area contributed by atoms with Crippen LogP contribution in [0.3, 0.4) is 0 Å². The van der Waals surface area contributed by atoms with Crippen LogP contribution < -0.4 is 11.1 Å². The Bertz CT molecular complexity index is 233. The van der Waals surface area contributed by atoms with Crippen LogP contribution in [-0.2, 0) is 9.53 Å². The van der Waals surface area contributed by atoms with Crippen molar-refractivity contribution in [2.75, 3.05) is 19.8 Å². The van der Waals surface area contributed by atoms with E-state index in [1.807, 2.05) is 0 Å². The summed E-state index contributed by atoms with van der Waals surface area (Å²) in [7, 11) is 0. The molecule has 1 saturated heterocycles. The van der Waals surface area contributed by atoms with Crippen molar-refractivity contribution in [3.05, 3.63) is 0 Å². The molecule has 0 unspecified atom stereocenters. The lowest BCUT2D eigenvalue weighted by Gasteiger charge is -2.33. The van der Waals surface area contributed by atoms with Gasteiger partial charge >= 0.3 is 0 Å². The van der Waals surface area contributed by atoms with Crippen molar-refractivity contribution in [2.24, 2.45) is 11.1 Å². The first-order valence-corrected chi connectivity index (χ1v) is 5.48. The van der Waals surface area contributed by atoms with E-state index >= 15 is 0 Å². The Morgan fingerprint density at radius 2 is 1.88 bits per heavy atom. The fourth-order valence-electron chi connectivity index (χ4n) is 1.48. The number of amides is 1. The minimum atomic E-state index is -0.719. The molecule has 1 aliphatic heterocycles. The third-order valence-electron chi connectivity index (χ3n) is 2.62. The van der Waals surface area contributed by atoms with Gasteiger partial charge in [-0.1, -0.05) is 20.8 Å². The molecule has 1 rings (SSSR count). The Balaban J connectivity index is 0.00000225. The van der Waals surface area contributed by atoms with Crippen molar-refractivity contribution < 1.29 is 9.53 Å². The van der Waals surface area contributed by atoms with Crippen molar-refractivity contribution in [3.63, 3.8) is 0 Å². The summed E-state index contributed by atoms with van der Waals surface area (Å²) in [5.74, 6) is -0.0410.